The minimum atomic E-state index is -0.635. The molecule has 132 valence electrons. The van der Waals surface area contributed by atoms with Crippen molar-refractivity contribution in [1.29, 1.82) is 0 Å². The van der Waals surface area contributed by atoms with Crippen LogP contribution in [0, 0.1) is 5.92 Å². The Morgan fingerprint density at radius 1 is 1.33 bits per heavy atom. The van der Waals surface area contributed by atoms with Crippen molar-refractivity contribution in [1.82, 2.24) is 10.2 Å². The lowest BCUT2D eigenvalue weighted by molar-refractivity contribution is -0.148. The molecule has 1 fully saturated rings. The Hall–Kier alpha value is -1.88. The Kier molecular flexibility index (Phi) is 5.65. The van der Waals surface area contributed by atoms with Crippen LogP contribution in [0.3, 0.4) is 0 Å². The van der Waals surface area contributed by atoms with Gasteiger partial charge in [-0.15, -0.1) is 0 Å². The van der Waals surface area contributed by atoms with Crippen molar-refractivity contribution < 1.29 is 9.59 Å². The van der Waals surface area contributed by atoms with Gasteiger partial charge in [0.05, 0.1) is 11.6 Å². The van der Waals surface area contributed by atoms with Crippen LogP contribution in [0.1, 0.15) is 39.7 Å². The van der Waals surface area contributed by atoms with Crippen molar-refractivity contribution in [2.45, 2.75) is 58.2 Å². The van der Waals surface area contributed by atoms with Gasteiger partial charge in [0.25, 0.3) is 0 Å². The van der Waals surface area contributed by atoms with Gasteiger partial charge in [0, 0.05) is 6.54 Å². The Bertz CT molecular complexity index is 584. The molecule has 24 heavy (non-hydrogen) atoms. The van der Waals surface area contributed by atoms with Crippen molar-refractivity contribution >= 4 is 11.8 Å². The van der Waals surface area contributed by atoms with Crippen LogP contribution < -0.4 is 11.1 Å². The van der Waals surface area contributed by atoms with E-state index in [1.807, 2.05) is 44.2 Å². The summed E-state index contributed by atoms with van der Waals surface area (Å²) in [6.45, 7) is 8.45. The molecule has 2 amide bonds. The molecular formula is C19H29N3O2. The van der Waals surface area contributed by atoms with E-state index in [-0.39, 0.29) is 11.8 Å². The molecule has 0 saturated carbocycles. The molecule has 0 aromatic heterocycles. The Balaban J connectivity index is 2.17. The van der Waals surface area contributed by atoms with Crippen LogP contribution in [0.5, 0.6) is 0 Å². The van der Waals surface area contributed by atoms with Gasteiger partial charge in [-0.25, -0.2) is 0 Å². The molecule has 0 aliphatic carbocycles. The van der Waals surface area contributed by atoms with Crippen molar-refractivity contribution in [3.63, 3.8) is 0 Å². The summed E-state index contributed by atoms with van der Waals surface area (Å²) in [5.74, 6) is 0.0928. The molecule has 5 heteroatoms. The molecule has 1 aliphatic rings. The molecule has 0 radical (unpaired) electrons. The van der Waals surface area contributed by atoms with E-state index in [1.54, 1.807) is 4.90 Å². The topological polar surface area (TPSA) is 75.4 Å². The quantitative estimate of drug-likeness (QED) is 0.862. The van der Waals surface area contributed by atoms with Gasteiger partial charge in [-0.2, -0.15) is 0 Å². The van der Waals surface area contributed by atoms with E-state index in [1.165, 1.54) is 0 Å². The summed E-state index contributed by atoms with van der Waals surface area (Å²) in [4.78, 5) is 27.1. The number of amides is 2. The largest absolute Gasteiger partial charge is 0.348 e. The zero-order valence-corrected chi connectivity index (χ0v) is 15.1. The van der Waals surface area contributed by atoms with Crippen molar-refractivity contribution in [2.75, 3.05) is 6.54 Å². The summed E-state index contributed by atoms with van der Waals surface area (Å²) in [5, 5.41) is 3.01. The summed E-state index contributed by atoms with van der Waals surface area (Å²) in [6.07, 6.45) is 1.12. The number of hydrogen-bond acceptors (Lipinski definition) is 3. The van der Waals surface area contributed by atoms with Crippen LogP contribution in [0.15, 0.2) is 30.3 Å². The van der Waals surface area contributed by atoms with Crippen molar-refractivity contribution in [3.8, 4) is 0 Å². The van der Waals surface area contributed by atoms with E-state index in [0.717, 1.165) is 5.56 Å². The highest BCUT2D eigenvalue weighted by Gasteiger charge is 2.42. The minimum Gasteiger partial charge on any atom is -0.348 e. The molecule has 1 aromatic carbocycles. The first kappa shape index (κ1) is 18.5. The van der Waals surface area contributed by atoms with E-state index < -0.39 is 17.6 Å². The minimum absolute atomic E-state index is 0.0831. The molecule has 1 aliphatic heterocycles. The Morgan fingerprint density at radius 2 is 1.96 bits per heavy atom. The van der Waals surface area contributed by atoms with E-state index in [4.69, 9.17) is 5.73 Å². The number of piperazine rings is 1. The SMILES string of the molecule is CC(C)CC1C(=O)NC(C)(C)CN1C(=O)[C@@H](N)Cc1ccccc1. The first-order valence-electron chi connectivity index (χ1n) is 8.61. The van der Waals surface area contributed by atoms with Gasteiger partial charge in [-0.05, 0) is 38.2 Å². The molecular weight excluding hydrogens is 302 g/mol. The summed E-state index contributed by atoms with van der Waals surface area (Å²) in [5.41, 5.74) is 6.77. The Morgan fingerprint density at radius 3 is 2.54 bits per heavy atom. The summed E-state index contributed by atoms with van der Waals surface area (Å²) < 4.78 is 0. The third kappa shape index (κ3) is 4.57. The van der Waals surface area contributed by atoms with Crippen molar-refractivity contribution in [2.24, 2.45) is 11.7 Å². The zero-order valence-electron chi connectivity index (χ0n) is 15.1. The number of hydrogen-bond donors (Lipinski definition) is 2. The molecule has 1 unspecified atom stereocenters. The normalized spacial score (nSPS) is 21.5. The maximum absolute atomic E-state index is 12.9. The molecule has 2 rings (SSSR count). The van der Waals surface area contributed by atoms with Gasteiger partial charge in [0.1, 0.15) is 6.04 Å². The van der Waals surface area contributed by atoms with Crippen LogP contribution >= 0.6 is 0 Å². The molecule has 1 saturated heterocycles. The highest BCUT2D eigenvalue weighted by Crippen LogP contribution is 2.22. The molecule has 1 heterocycles. The lowest BCUT2D eigenvalue weighted by Gasteiger charge is -2.45. The number of rotatable bonds is 5. The van der Waals surface area contributed by atoms with E-state index in [0.29, 0.717) is 25.3 Å². The molecule has 2 atom stereocenters. The molecule has 1 aromatic rings. The van der Waals surface area contributed by atoms with Gasteiger partial charge in [-0.1, -0.05) is 44.2 Å². The summed E-state index contributed by atoms with van der Waals surface area (Å²) in [6, 6.07) is 8.66. The lowest BCUT2D eigenvalue weighted by Crippen LogP contribution is -2.67. The molecule has 0 spiro atoms. The van der Waals surface area contributed by atoms with Crippen LogP contribution in [0.25, 0.3) is 0 Å². The third-order valence-corrected chi connectivity index (χ3v) is 4.30. The number of carbonyl (C=O) groups is 2. The predicted octanol–water partition coefficient (Wildman–Crippen LogP) is 1.71. The average Bonchev–Trinajstić information content (AvgIpc) is 2.49. The third-order valence-electron chi connectivity index (χ3n) is 4.30. The maximum atomic E-state index is 12.9. The monoisotopic (exact) mass is 331 g/mol. The maximum Gasteiger partial charge on any atom is 0.243 e. The lowest BCUT2D eigenvalue weighted by atomic mass is 9.92. The van der Waals surface area contributed by atoms with Gasteiger partial charge in [0.2, 0.25) is 11.8 Å². The fourth-order valence-electron chi connectivity index (χ4n) is 3.21. The van der Waals surface area contributed by atoms with E-state index >= 15 is 0 Å². The number of benzene rings is 1. The number of nitrogens with two attached hydrogens (primary N) is 1. The van der Waals surface area contributed by atoms with Crippen molar-refractivity contribution in [3.05, 3.63) is 35.9 Å². The average molecular weight is 331 g/mol. The second-order valence-electron chi connectivity index (χ2n) is 7.78. The van der Waals surface area contributed by atoms with E-state index in [2.05, 4.69) is 19.2 Å². The second kappa shape index (κ2) is 7.34. The number of nitrogens with zero attached hydrogens (tertiary/aromatic N) is 1. The summed E-state index contributed by atoms with van der Waals surface area (Å²) in [7, 11) is 0. The Labute approximate surface area is 144 Å². The van der Waals surface area contributed by atoms with Gasteiger partial charge in [0.15, 0.2) is 0 Å². The van der Waals surface area contributed by atoms with E-state index in [9.17, 15) is 9.59 Å². The predicted molar refractivity (Wildman–Crippen MR) is 95.3 cm³/mol. The number of carbonyl (C=O) groups excluding carboxylic acids is 2. The first-order chi connectivity index (χ1) is 11.2. The van der Waals surface area contributed by atoms with Gasteiger partial charge < -0.3 is 16.0 Å². The van der Waals surface area contributed by atoms with Gasteiger partial charge in [-0.3, -0.25) is 9.59 Å². The fourth-order valence-corrected chi connectivity index (χ4v) is 3.21. The standard InChI is InChI=1S/C19H29N3O2/c1-13(2)10-16-17(23)21-19(3,4)12-22(16)18(24)15(20)11-14-8-6-5-7-9-14/h5-9,13,15-16H,10-12,20H2,1-4H3,(H,21,23)/t15-,16?/m0/s1. The smallest absolute Gasteiger partial charge is 0.243 e. The molecule has 5 nitrogen and oxygen atoms in total. The van der Waals surface area contributed by atoms with Crippen LogP contribution in [-0.4, -0.2) is 40.9 Å². The van der Waals surface area contributed by atoms with Crippen LogP contribution in [0.2, 0.25) is 0 Å². The highest BCUT2D eigenvalue weighted by molar-refractivity contribution is 5.91. The summed E-state index contributed by atoms with van der Waals surface area (Å²) >= 11 is 0. The zero-order chi connectivity index (χ0) is 17.9. The van der Waals surface area contributed by atoms with Gasteiger partial charge >= 0.3 is 0 Å². The first-order valence-corrected chi connectivity index (χ1v) is 8.61. The fraction of sp³-hybridized carbons (Fsp3) is 0.579. The van der Waals surface area contributed by atoms with Crippen LogP contribution in [0.4, 0.5) is 0 Å². The second-order valence-corrected chi connectivity index (χ2v) is 7.78. The molecule has 3 N–H and O–H groups in total. The number of nitrogens with one attached hydrogen (secondary N) is 1. The molecule has 0 bridgehead atoms. The van der Waals surface area contributed by atoms with Crippen LogP contribution in [-0.2, 0) is 16.0 Å². The highest BCUT2D eigenvalue weighted by atomic mass is 16.2.